The molecule has 0 saturated carbocycles. The van der Waals surface area contributed by atoms with Crippen molar-refractivity contribution >= 4 is 23.6 Å². The third-order valence-corrected chi connectivity index (χ3v) is 6.49. The quantitative estimate of drug-likeness (QED) is 0.900. The van der Waals surface area contributed by atoms with Gasteiger partial charge in [0.15, 0.2) is 0 Å². The average molecular weight is 370 g/mol. The third kappa shape index (κ3) is 2.60. The second-order valence-corrected chi connectivity index (χ2v) is 8.82. The molecule has 0 spiro atoms. The predicted octanol–water partition coefficient (Wildman–Crippen LogP) is 3.49. The van der Waals surface area contributed by atoms with Crippen molar-refractivity contribution in [3.05, 3.63) is 71.0 Å². The molecule has 0 aromatic heterocycles. The topological polar surface area (TPSA) is 49.4 Å². The van der Waals surface area contributed by atoms with Crippen LogP contribution in [0.15, 0.2) is 48.5 Å². The lowest BCUT2D eigenvalue weighted by Crippen LogP contribution is -2.52. The Balaban J connectivity index is 1.59. The Labute approximate surface area is 155 Å². The van der Waals surface area contributed by atoms with E-state index in [1.807, 2.05) is 32.0 Å². The first-order valence-electron chi connectivity index (χ1n) is 8.50. The van der Waals surface area contributed by atoms with Crippen LogP contribution >= 0.6 is 11.8 Å². The summed E-state index contributed by atoms with van der Waals surface area (Å²) in [7, 11) is 0. The Kier molecular flexibility index (Phi) is 4.03. The normalized spacial score (nSPS) is 22.9. The molecule has 26 heavy (non-hydrogen) atoms. The van der Waals surface area contributed by atoms with Crippen LogP contribution in [0.3, 0.4) is 0 Å². The number of hydrogen-bond acceptors (Lipinski definition) is 3. The van der Waals surface area contributed by atoms with Gasteiger partial charge in [-0.05, 0) is 31.5 Å². The van der Waals surface area contributed by atoms with E-state index in [1.165, 1.54) is 6.07 Å². The van der Waals surface area contributed by atoms with Crippen molar-refractivity contribution in [2.24, 2.45) is 0 Å². The summed E-state index contributed by atoms with van der Waals surface area (Å²) in [4.78, 5) is 27.5. The maximum absolute atomic E-state index is 13.8. The van der Waals surface area contributed by atoms with Gasteiger partial charge in [-0.15, -0.1) is 11.8 Å². The zero-order chi connectivity index (χ0) is 18.5. The lowest BCUT2D eigenvalue weighted by Gasteiger charge is -2.29. The molecule has 2 amide bonds. The minimum atomic E-state index is -0.607. The fraction of sp³-hybridized carbons (Fsp3) is 0.300. The number of thioether (sulfide) groups is 1. The number of carbonyl (C=O) groups excluding carboxylic acids is 2. The molecule has 2 aliphatic heterocycles. The van der Waals surface area contributed by atoms with Crippen LogP contribution in [0.1, 0.15) is 40.7 Å². The molecular formula is C20H19FN2O2S. The van der Waals surface area contributed by atoms with Crippen molar-refractivity contribution in [3.63, 3.8) is 0 Å². The fourth-order valence-corrected chi connectivity index (χ4v) is 5.31. The van der Waals surface area contributed by atoms with E-state index in [-0.39, 0.29) is 29.6 Å². The van der Waals surface area contributed by atoms with E-state index < -0.39 is 10.8 Å². The van der Waals surface area contributed by atoms with Crippen LogP contribution < -0.4 is 5.32 Å². The summed E-state index contributed by atoms with van der Waals surface area (Å²) in [5.74, 6) is -0.723. The van der Waals surface area contributed by atoms with Gasteiger partial charge in [-0.3, -0.25) is 9.59 Å². The van der Waals surface area contributed by atoms with Crippen molar-refractivity contribution in [2.75, 3.05) is 0 Å². The summed E-state index contributed by atoms with van der Waals surface area (Å²) in [6.45, 7) is 4.04. The molecular weight excluding hydrogens is 351 g/mol. The molecule has 2 heterocycles. The van der Waals surface area contributed by atoms with E-state index in [9.17, 15) is 14.0 Å². The van der Waals surface area contributed by atoms with Gasteiger partial charge in [0.2, 0.25) is 5.91 Å². The maximum Gasteiger partial charge on any atom is 0.256 e. The zero-order valence-corrected chi connectivity index (χ0v) is 15.3. The highest BCUT2D eigenvalue weighted by atomic mass is 32.2. The van der Waals surface area contributed by atoms with Crippen LogP contribution in [-0.2, 0) is 11.3 Å². The van der Waals surface area contributed by atoms with Gasteiger partial charge >= 0.3 is 0 Å². The van der Waals surface area contributed by atoms with Gasteiger partial charge in [-0.1, -0.05) is 36.4 Å². The summed E-state index contributed by atoms with van der Waals surface area (Å²) in [5.41, 5.74) is 2.05. The molecule has 4 rings (SSSR count). The number of nitrogens with one attached hydrogen (secondary N) is 1. The highest BCUT2D eigenvalue weighted by Crippen LogP contribution is 2.56. The molecule has 2 aromatic carbocycles. The summed E-state index contributed by atoms with van der Waals surface area (Å²) < 4.78 is 13.4. The number of nitrogens with zero attached hydrogens (tertiary/aromatic N) is 1. The van der Waals surface area contributed by atoms with E-state index in [2.05, 4.69) is 5.32 Å². The van der Waals surface area contributed by atoms with Crippen LogP contribution in [0.4, 0.5) is 4.39 Å². The van der Waals surface area contributed by atoms with Gasteiger partial charge in [0.05, 0.1) is 0 Å². The van der Waals surface area contributed by atoms with Crippen molar-refractivity contribution in [2.45, 2.75) is 36.6 Å². The molecule has 0 radical (unpaired) electrons. The van der Waals surface area contributed by atoms with Crippen LogP contribution in [0, 0.1) is 5.82 Å². The minimum Gasteiger partial charge on any atom is -0.350 e. The van der Waals surface area contributed by atoms with Crippen molar-refractivity contribution in [3.8, 4) is 0 Å². The molecule has 2 atom stereocenters. The Hall–Kier alpha value is -2.34. The van der Waals surface area contributed by atoms with Crippen molar-refractivity contribution in [1.29, 1.82) is 0 Å². The van der Waals surface area contributed by atoms with Crippen molar-refractivity contribution < 1.29 is 14.0 Å². The molecule has 0 bridgehead atoms. The third-order valence-electron chi connectivity index (χ3n) is 4.96. The van der Waals surface area contributed by atoms with E-state index >= 15 is 0 Å². The van der Waals surface area contributed by atoms with Crippen LogP contribution in [0.2, 0.25) is 0 Å². The van der Waals surface area contributed by atoms with Crippen molar-refractivity contribution in [1.82, 2.24) is 10.2 Å². The first kappa shape index (κ1) is 17.1. The molecule has 1 N–H and O–H groups in total. The second kappa shape index (κ2) is 6.13. The van der Waals surface area contributed by atoms with Gasteiger partial charge in [0.25, 0.3) is 5.91 Å². The summed E-state index contributed by atoms with van der Waals surface area (Å²) >= 11 is 1.62. The van der Waals surface area contributed by atoms with Crippen LogP contribution in [-0.4, -0.2) is 27.5 Å². The van der Waals surface area contributed by atoms with Gasteiger partial charge in [0, 0.05) is 22.4 Å². The second-order valence-electron chi connectivity index (χ2n) is 7.09. The van der Waals surface area contributed by atoms with Gasteiger partial charge in [-0.25, -0.2) is 4.39 Å². The number of amides is 2. The molecule has 2 unspecified atom stereocenters. The number of fused-ring (bicyclic) bond motifs is 3. The van der Waals surface area contributed by atoms with Crippen LogP contribution in [0.25, 0.3) is 0 Å². The smallest absolute Gasteiger partial charge is 0.256 e. The number of halogens is 1. The molecule has 1 fully saturated rings. The fourth-order valence-electron chi connectivity index (χ4n) is 3.73. The molecule has 6 heteroatoms. The molecule has 0 aliphatic carbocycles. The molecule has 1 saturated heterocycles. The SMILES string of the molecule is CC1(C)SC2c3ccccc3C(=O)N2C1C(=O)NCc1ccccc1F. The summed E-state index contributed by atoms with van der Waals surface area (Å²) in [6, 6.07) is 13.2. The lowest BCUT2D eigenvalue weighted by molar-refractivity contribution is -0.126. The van der Waals surface area contributed by atoms with E-state index in [4.69, 9.17) is 0 Å². The Morgan fingerprint density at radius 1 is 1.19 bits per heavy atom. The Morgan fingerprint density at radius 2 is 1.88 bits per heavy atom. The lowest BCUT2D eigenvalue weighted by atomic mass is 10.0. The van der Waals surface area contributed by atoms with E-state index in [0.29, 0.717) is 11.1 Å². The number of benzene rings is 2. The molecule has 4 nitrogen and oxygen atoms in total. The molecule has 2 aromatic rings. The Morgan fingerprint density at radius 3 is 2.65 bits per heavy atom. The molecule has 134 valence electrons. The average Bonchev–Trinajstić information content (AvgIpc) is 3.04. The zero-order valence-electron chi connectivity index (χ0n) is 14.5. The predicted molar refractivity (Wildman–Crippen MR) is 99.1 cm³/mol. The number of hydrogen-bond donors (Lipinski definition) is 1. The van der Waals surface area contributed by atoms with E-state index in [0.717, 1.165) is 5.56 Å². The first-order chi connectivity index (χ1) is 12.4. The number of rotatable bonds is 3. The first-order valence-corrected chi connectivity index (χ1v) is 9.38. The largest absolute Gasteiger partial charge is 0.350 e. The Bertz CT molecular complexity index is 899. The molecule has 2 aliphatic rings. The van der Waals surface area contributed by atoms with E-state index in [1.54, 1.807) is 40.9 Å². The highest BCUT2D eigenvalue weighted by Gasteiger charge is 2.57. The standard InChI is InChI=1S/C20H19FN2O2S/c1-20(2)16(17(24)22-11-12-7-3-6-10-15(12)21)23-18(25)13-8-4-5-9-14(13)19(23)26-20/h3-10,16,19H,11H2,1-2H3,(H,22,24). The monoisotopic (exact) mass is 370 g/mol. The maximum atomic E-state index is 13.8. The highest BCUT2D eigenvalue weighted by molar-refractivity contribution is 8.01. The van der Waals surface area contributed by atoms with Gasteiger partial charge in [0.1, 0.15) is 17.2 Å². The van der Waals surface area contributed by atoms with Gasteiger partial charge in [-0.2, -0.15) is 0 Å². The summed E-state index contributed by atoms with van der Waals surface area (Å²) in [6.07, 6.45) is 0. The number of carbonyl (C=O) groups is 2. The van der Waals surface area contributed by atoms with Crippen LogP contribution in [0.5, 0.6) is 0 Å². The minimum absolute atomic E-state index is 0.0996. The summed E-state index contributed by atoms with van der Waals surface area (Å²) in [5, 5.41) is 2.66. The van der Waals surface area contributed by atoms with Gasteiger partial charge < -0.3 is 10.2 Å².